The summed E-state index contributed by atoms with van der Waals surface area (Å²) in [5.41, 5.74) is 0.136. The molecule has 0 radical (unpaired) electrons. The Labute approximate surface area is 87.5 Å². The monoisotopic (exact) mass is 197 g/mol. The predicted molar refractivity (Wildman–Crippen MR) is 59.3 cm³/mol. The number of rotatable bonds is 5. The summed E-state index contributed by atoms with van der Waals surface area (Å²) in [6, 6.07) is 0. The van der Waals surface area contributed by atoms with Gasteiger partial charge in [-0.3, -0.25) is 4.79 Å². The molecule has 1 aliphatic carbocycles. The van der Waals surface area contributed by atoms with Crippen LogP contribution in [0.5, 0.6) is 0 Å². The quantitative estimate of drug-likeness (QED) is 0.733. The van der Waals surface area contributed by atoms with Gasteiger partial charge in [0.05, 0.1) is 0 Å². The van der Waals surface area contributed by atoms with Crippen molar-refractivity contribution in [2.75, 3.05) is 6.54 Å². The van der Waals surface area contributed by atoms with Crippen LogP contribution in [0.3, 0.4) is 0 Å². The highest BCUT2D eigenvalue weighted by molar-refractivity contribution is 5.78. The van der Waals surface area contributed by atoms with Crippen LogP contribution in [0.15, 0.2) is 0 Å². The summed E-state index contributed by atoms with van der Waals surface area (Å²) in [4.78, 5) is 11.5. The van der Waals surface area contributed by atoms with Crippen molar-refractivity contribution < 1.29 is 4.79 Å². The molecule has 0 heterocycles. The molecule has 14 heavy (non-hydrogen) atoms. The maximum absolute atomic E-state index is 11.5. The molecule has 1 aliphatic rings. The van der Waals surface area contributed by atoms with Gasteiger partial charge >= 0.3 is 0 Å². The second kappa shape index (κ2) is 4.92. The molecular weight excluding hydrogens is 174 g/mol. The second-order valence-electron chi connectivity index (χ2n) is 5.47. The molecule has 2 heteroatoms. The van der Waals surface area contributed by atoms with E-state index >= 15 is 0 Å². The van der Waals surface area contributed by atoms with Gasteiger partial charge in [0.15, 0.2) is 0 Å². The molecule has 1 N–H and O–H groups in total. The van der Waals surface area contributed by atoms with Gasteiger partial charge in [-0.05, 0) is 26.7 Å². The number of nitrogens with one attached hydrogen (secondary N) is 1. The van der Waals surface area contributed by atoms with Gasteiger partial charge in [-0.15, -0.1) is 0 Å². The zero-order chi connectivity index (χ0) is 10.6. The van der Waals surface area contributed by atoms with Crippen LogP contribution in [-0.4, -0.2) is 17.9 Å². The van der Waals surface area contributed by atoms with E-state index in [0.717, 1.165) is 18.9 Å². The Balaban J connectivity index is 2.03. The van der Waals surface area contributed by atoms with Crippen LogP contribution >= 0.6 is 0 Å². The summed E-state index contributed by atoms with van der Waals surface area (Å²) in [6.45, 7) is 7.21. The van der Waals surface area contributed by atoms with E-state index in [9.17, 15) is 4.79 Å². The van der Waals surface area contributed by atoms with Crippen molar-refractivity contribution >= 4 is 5.78 Å². The molecule has 1 saturated carbocycles. The van der Waals surface area contributed by atoms with Crippen LogP contribution in [0.1, 0.15) is 52.9 Å². The largest absolute Gasteiger partial charge is 0.312 e. The Hall–Kier alpha value is -0.370. The lowest BCUT2D eigenvalue weighted by molar-refractivity contribution is -0.120. The van der Waals surface area contributed by atoms with E-state index in [2.05, 4.69) is 26.1 Å². The predicted octanol–water partition coefficient (Wildman–Crippen LogP) is 2.52. The van der Waals surface area contributed by atoms with Crippen LogP contribution in [0.25, 0.3) is 0 Å². The fraction of sp³-hybridized carbons (Fsp3) is 0.917. The fourth-order valence-corrected chi connectivity index (χ4v) is 1.70. The van der Waals surface area contributed by atoms with Gasteiger partial charge in [0.2, 0.25) is 0 Å². The van der Waals surface area contributed by atoms with E-state index in [0.29, 0.717) is 12.2 Å². The molecule has 82 valence electrons. The SMILES string of the molecule is CC(C)(C)NCCC(=O)CC1CCC1. The Morgan fingerprint density at radius 3 is 2.43 bits per heavy atom. The molecule has 0 bridgehead atoms. The molecule has 1 rings (SSSR count). The molecule has 0 amide bonds. The molecule has 0 aliphatic heterocycles. The molecule has 0 atom stereocenters. The summed E-state index contributed by atoms with van der Waals surface area (Å²) >= 11 is 0. The first-order valence-corrected chi connectivity index (χ1v) is 5.74. The van der Waals surface area contributed by atoms with Crippen molar-refractivity contribution in [3.63, 3.8) is 0 Å². The lowest BCUT2D eigenvalue weighted by Crippen LogP contribution is -2.37. The first-order chi connectivity index (χ1) is 6.47. The van der Waals surface area contributed by atoms with Crippen LogP contribution in [0.2, 0.25) is 0 Å². The first kappa shape index (κ1) is 11.7. The van der Waals surface area contributed by atoms with Crippen LogP contribution < -0.4 is 5.32 Å². The van der Waals surface area contributed by atoms with Crippen molar-refractivity contribution in [1.82, 2.24) is 5.32 Å². The van der Waals surface area contributed by atoms with Crippen LogP contribution in [0.4, 0.5) is 0 Å². The zero-order valence-corrected chi connectivity index (χ0v) is 9.73. The summed E-state index contributed by atoms with van der Waals surface area (Å²) in [6.07, 6.45) is 5.41. The van der Waals surface area contributed by atoms with E-state index < -0.39 is 0 Å². The molecule has 0 spiro atoms. The van der Waals surface area contributed by atoms with Crippen molar-refractivity contribution in [3.8, 4) is 0 Å². The van der Waals surface area contributed by atoms with Gasteiger partial charge in [0.25, 0.3) is 0 Å². The van der Waals surface area contributed by atoms with E-state index in [1.165, 1.54) is 19.3 Å². The average Bonchev–Trinajstić information content (AvgIpc) is 1.94. The van der Waals surface area contributed by atoms with Crippen molar-refractivity contribution in [2.45, 2.75) is 58.4 Å². The number of hydrogen-bond acceptors (Lipinski definition) is 2. The first-order valence-electron chi connectivity index (χ1n) is 5.74. The van der Waals surface area contributed by atoms with Crippen molar-refractivity contribution in [3.05, 3.63) is 0 Å². The minimum Gasteiger partial charge on any atom is -0.312 e. The van der Waals surface area contributed by atoms with Gasteiger partial charge in [0.1, 0.15) is 5.78 Å². The normalized spacial score (nSPS) is 17.9. The molecule has 0 aromatic heterocycles. The topological polar surface area (TPSA) is 29.1 Å². The lowest BCUT2D eigenvalue weighted by atomic mass is 9.81. The lowest BCUT2D eigenvalue weighted by Gasteiger charge is -2.25. The van der Waals surface area contributed by atoms with Gasteiger partial charge in [-0.2, -0.15) is 0 Å². The smallest absolute Gasteiger partial charge is 0.134 e. The summed E-state index contributed by atoms with van der Waals surface area (Å²) in [7, 11) is 0. The van der Waals surface area contributed by atoms with Crippen LogP contribution in [-0.2, 0) is 4.79 Å². The molecule has 1 fully saturated rings. The van der Waals surface area contributed by atoms with Crippen molar-refractivity contribution in [2.24, 2.45) is 5.92 Å². The van der Waals surface area contributed by atoms with Gasteiger partial charge < -0.3 is 5.32 Å². The maximum Gasteiger partial charge on any atom is 0.134 e. The summed E-state index contributed by atoms with van der Waals surface area (Å²) in [5, 5.41) is 3.34. The number of carbonyl (C=O) groups excluding carboxylic acids is 1. The Morgan fingerprint density at radius 2 is 2.00 bits per heavy atom. The minimum atomic E-state index is 0.136. The zero-order valence-electron chi connectivity index (χ0n) is 9.73. The van der Waals surface area contributed by atoms with Crippen molar-refractivity contribution in [1.29, 1.82) is 0 Å². The Bertz CT molecular complexity index is 189. The Morgan fingerprint density at radius 1 is 1.36 bits per heavy atom. The molecule has 0 saturated heterocycles. The fourth-order valence-electron chi connectivity index (χ4n) is 1.70. The van der Waals surface area contributed by atoms with E-state index in [-0.39, 0.29) is 5.54 Å². The standard InChI is InChI=1S/C12H23NO/c1-12(2,3)13-8-7-11(14)9-10-5-4-6-10/h10,13H,4-9H2,1-3H3. The highest BCUT2D eigenvalue weighted by Gasteiger charge is 2.20. The third kappa shape index (κ3) is 4.75. The molecular formula is C12H23NO. The highest BCUT2D eigenvalue weighted by Crippen LogP contribution is 2.29. The summed E-state index contributed by atoms with van der Waals surface area (Å²) in [5.74, 6) is 1.16. The summed E-state index contributed by atoms with van der Waals surface area (Å²) < 4.78 is 0. The minimum absolute atomic E-state index is 0.136. The number of hydrogen-bond donors (Lipinski definition) is 1. The Kier molecular flexibility index (Phi) is 4.11. The number of Topliss-reactive ketones (excluding diaryl/α,β-unsaturated/α-hetero) is 1. The van der Waals surface area contributed by atoms with Gasteiger partial charge in [-0.1, -0.05) is 19.3 Å². The third-order valence-electron chi connectivity index (χ3n) is 2.80. The molecule has 0 unspecified atom stereocenters. The van der Waals surface area contributed by atoms with Crippen LogP contribution in [0, 0.1) is 5.92 Å². The van der Waals surface area contributed by atoms with E-state index in [4.69, 9.17) is 0 Å². The maximum atomic E-state index is 11.5. The van der Waals surface area contributed by atoms with E-state index in [1.807, 2.05) is 0 Å². The average molecular weight is 197 g/mol. The number of carbonyl (C=O) groups is 1. The van der Waals surface area contributed by atoms with Gasteiger partial charge in [-0.25, -0.2) is 0 Å². The van der Waals surface area contributed by atoms with E-state index in [1.54, 1.807) is 0 Å². The molecule has 0 aromatic carbocycles. The van der Waals surface area contributed by atoms with Gasteiger partial charge in [0, 0.05) is 24.9 Å². The molecule has 2 nitrogen and oxygen atoms in total. The third-order valence-corrected chi connectivity index (χ3v) is 2.80. The highest BCUT2D eigenvalue weighted by atomic mass is 16.1. The number of ketones is 1. The molecule has 0 aromatic rings. The second-order valence-corrected chi connectivity index (χ2v) is 5.47.